The fourth-order valence-electron chi connectivity index (χ4n) is 3.39. The molecule has 4 heteroatoms. The van der Waals surface area contributed by atoms with Gasteiger partial charge in [0.05, 0.1) is 11.6 Å². The minimum Gasteiger partial charge on any atom is -0.465 e. The van der Waals surface area contributed by atoms with Crippen molar-refractivity contribution in [1.82, 2.24) is 4.90 Å². The summed E-state index contributed by atoms with van der Waals surface area (Å²) in [6.45, 7) is 1.25. The zero-order valence-electron chi connectivity index (χ0n) is 10.7. The average molecular weight is 256 g/mol. The first-order chi connectivity index (χ1) is 9.16. The quantitative estimate of drug-likeness (QED) is 0.840. The summed E-state index contributed by atoms with van der Waals surface area (Å²) < 4.78 is 0. The van der Waals surface area contributed by atoms with Crippen molar-refractivity contribution in [2.75, 3.05) is 13.1 Å². The van der Waals surface area contributed by atoms with E-state index in [2.05, 4.69) is 6.07 Å². The minimum absolute atomic E-state index is 0.249. The lowest BCUT2D eigenvalue weighted by molar-refractivity contribution is 0.119. The number of hydrogen-bond donors (Lipinski definition) is 1. The van der Waals surface area contributed by atoms with Crippen LogP contribution in [0.3, 0.4) is 0 Å². The lowest BCUT2D eigenvalue weighted by atomic mass is 9.88. The Morgan fingerprint density at radius 3 is 2.68 bits per heavy atom. The summed E-state index contributed by atoms with van der Waals surface area (Å²) in [5.74, 6) is 0.444. The van der Waals surface area contributed by atoms with Gasteiger partial charge in [-0.3, -0.25) is 0 Å². The predicted molar refractivity (Wildman–Crippen MR) is 69.8 cm³/mol. The van der Waals surface area contributed by atoms with E-state index >= 15 is 0 Å². The van der Waals surface area contributed by atoms with Crippen molar-refractivity contribution < 1.29 is 9.90 Å². The van der Waals surface area contributed by atoms with Crippen LogP contribution in [0.2, 0.25) is 0 Å². The molecule has 4 nitrogen and oxygen atoms in total. The van der Waals surface area contributed by atoms with Crippen LogP contribution in [0.25, 0.3) is 0 Å². The van der Waals surface area contributed by atoms with E-state index in [1.807, 2.05) is 24.3 Å². The summed E-state index contributed by atoms with van der Waals surface area (Å²) in [6.07, 6.45) is 2.12. The number of nitrogens with zero attached hydrogens (tertiary/aromatic N) is 2. The molecule has 19 heavy (non-hydrogen) atoms. The molecule has 1 unspecified atom stereocenters. The Morgan fingerprint density at radius 2 is 2.05 bits per heavy atom. The number of piperidine rings is 1. The zero-order chi connectivity index (χ0) is 13.5. The number of benzene rings is 1. The van der Waals surface area contributed by atoms with Gasteiger partial charge in [-0.2, -0.15) is 5.26 Å². The largest absolute Gasteiger partial charge is 0.465 e. The summed E-state index contributed by atoms with van der Waals surface area (Å²) in [6, 6.07) is 10.0. The summed E-state index contributed by atoms with van der Waals surface area (Å²) >= 11 is 0. The molecule has 1 spiro atoms. The van der Waals surface area contributed by atoms with Gasteiger partial charge in [-0.1, -0.05) is 18.2 Å². The Labute approximate surface area is 112 Å². The van der Waals surface area contributed by atoms with Crippen LogP contribution in [0.4, 0.5) is 4.79 Å². The minimum atomic E-state index is -0.815. The van der Waals surface area contributed by atoms with Crippen LogP contribution < -0.4 is 0 Å². The molecule has 1 aromatic carbocycles. The molecular formula is C15H16N2O2. The monoisotopic (exact) mass is 256 g/mol. The fraction of sp³-hybridized carbons (Fsp3) is 0.467. The van der Waals surface area contributed by atoms with Gasteiger partial charge in [-0.25, -0.2) is 4.79 Å². The maximum Gasteiger partial charge on any atom is 0.407 e. The highest BCUT2D eigenvalue weighted by Crippen LogP contribution is 2.65. The molecule has 98 valence electrons. The van der Waals surface area contributed by atoms with Crippen molar-refractivity contribution in [2.24, 2.45) is 5.41 Å². The molecule has 1 amide bonds. The van der Waals surface area contributed by atoms with Crippen LogP contribution in [0.1, 0.15) is 36.3 Å². The van der Waals surface area contributed by atoms with E-state index in [-0.39, 0.29) is 5.41 Å². The number of carbonyl (C=O) groups is 1. The Balaban J connectivity index is 1.75. The maximum absolute atomic E-state index is 10.9. The van der Waals surface area contributed by atoms with Gasteiger partial charge in [-0.15, -0.1) is 0 Å². The molecule has 1 atom stereocenters. The first-order valence-electron chi connectivity index (χ1n) is 6.63. The second-order valence-electron chi connectivity index (χ2n) is 5.59. The molecule has 1 saturated heterocycles. The van der Waals surface area contributed by atoms with E-state index in [1.54, 1.807) is 0 Å². The second kappa shape index (κ2) is 4.27. The molecule has 0 radical (unpaired) electrons. The van der Waals surface area contributed by atoms with Crippen LogP contribution in [0, 0.1) is 16.7 Å². The van der Waals surface area contributed by atoms with Gasteiger partial charge >= 0.3 is 6.09 Å². The molecule has 1 N–H and O–H groups in total. The second-order valence-corrected chi connectivity index (χ2v) is 5.59. The SMILES string of the molecule is N#Cc1ccccc1C1CC12CCN(C(=O)O)CC2. The number of likely N-dealkylation sites (tertiary alicyclic amines) is 1. The van der Waals surface area contributed by atoms with Crippen molar-refractivity contribution in [3.05, 3.63) is 35.4 Å². The van der Waals surface area contributed by atoms with E-state index in [0.29, 0.717) is 19.0 Å². The fourth-order valence-corrected chi connectivity index (χ4v) is 3.39. The Hall–Kier alpha value is -2.02. The summed E-state index contributed by atoms with van der Waals surface area (Å²) in [5, 5.41) is 18.1. The summed E-state index contributed by atoms with van der Waals surface area (Å²) in [5.41, 5.74) is 2.16. The third-order valence-corrected chi connectivity index (χ3v) is 4.68. The van der Waals surface area contributed by atoms with Gasteiger partial charge in [0.2, 0.25) is 0 Å². The normalized spacial score (nSPS) is 23.9. The number of carboxylic acid groups (broad SMARTS) is 1. The molecule has 1 saturated carbocycles. The lowest BCUT2D eigenvalue weighted by Gasteiger charge is -2.31. The molecule has 3 rings (SSSR count). The number of nitriles is 1. The third kappa shape index (κ3) is 1.95. The topological polar surface area (TPSA) is 64.3 Å². The first kappa shape index (κ1) is 12.0. The highest BCUT2D eigenvalue weighted by Gasteiger charge is 2.56. The smallest absolute Gasteiger partial charge is 0.407 e. The Kier molecular flexibility index (Phi) is 2.70. The molecular weight excluding hydrogens is 240 g/mol. The third-order valence-electron chi connectivity index (χ3n) is 4.68. The molecule has 0 aromatic heterocycles. The van der Waals surface area contributed by atoms with Gasteiger partial charge in [-0.05, 0) is 42.2 Å². The predicted octanol–water partition coefficient (Wildman–Crippen LogP) is 2.81. The number of amides is 1. The van der Waals surface area contributed by atoms with Crippen LogP contribution in [0.15, 0.2) is 24.3 Å². The first-order valence-corrected chi connectivity index (χ1v) is 6.63. The number of hydrogen-bond acceptors (Lipinski definition) is 2. The van der Waals surface area contributed by atoms with Gasteiger partial charge in [0.15, 0.2) is 0 Å². The Morgan fingerprint density at radius 1 is 1.37 bits per heavy atom. The van der Waals surface area contributed by atoms with Crippen molar-refractivity contribution in [3.8, 4) is 6.07 Å². The number of rotatable bonds is 1. The summed E-state index contributed by atoms with van der Waals surface area (Å²) in [4.78, 5) is 12.4. The summed E-state index contributed by atoms with van der Waals surface area (Å²) in [7, 11) is 0. The van der Waals surface area contributed by atoms with Crippen LogP contribution >= 0.6 is 0 Å². The average Bonchev–Trinajstić information content (AvgIpc) is 3.12. The van der Waals surface area contributed by atoms with E-state index < -0.39 is 6.09 Å². The highest BCUT2D eigenvalue weighted by atomic mass is 16.4. The lowest BCUT2D eigenvalue weighted by Crippen LogP contribution is -2.38. The van der Waals surface area contributed by atoms with E-state index in [9.17, 15) is 4.79 Å². The van der Waals surface area contributed by atoms with E-state index in [1.165, 1.54) is 4.90 Å². The Bertz CT molecular complexity index is 554. The van der Waals surface area contributed by atoms with Crippen molar-refractivity contribution in [2.45, 2.75) is 25.2 Å². The van der Waals surface area contributed by atoms with E-state index in [4.69, 9.17) is 10.4 Å². The standard InChI is InChI=1S/C15H16N2O2/c16-10-11-3-1-2-4-12(11)13-9-15(13)5-7-17(8-6-15)14(18)19/h1-4,13H,5-9H2,(H,18,19). The van der Waals surface area contributed by atoms with Crippen molar-refractivity contribution in [1.29, 1.82) is 5.26 Å². The van der Waals surface area contributed by atoms with Crippen molar-refractivity contribution >= 4 is 6.09 Å². The van der Waals surface area contributed by atoms with Crippen LogP contribution in [-0.2, 0) is 0 Å². The van der Waals surface area contributed by atoms with Gasteiger partial charge < -0.3 is 10.0 Å². The van der Waals surface area contributed by atoms with Gasteiger partial charge in [0.25, 0.3) is 0 Å². The molecule has 2 aliphatic rings. The molecule has 1 aliphatic carbocycles. The van der Waals surface area contributed by atoms with Gasteiger partial charge in [0, 0.05) is 13.1 Å². The molecule has 2 fully saturated rings. The molecule has 1 heterocycles. The van der Waals surface area contributed by atoms with Crippen LogP contribution in [0.5, 0.6) is 0 Å². The van der Waals surface area contributed by atoms with Crippen molar-refractivity contribution in [3.63, 3.8) is 0 Å². The van der Waals surface area contributed by atoms with E-state index in [0.717, 1.165) is 30.4 Å². The van der Waals surface area contributed by atoms with Crippen LogP contribution in [-0.4, -0.2) is 29.2 Å². The molecule has 1 aliphatic heterocycles. The van der Waals surface area contributed by atoms with Gasteiger partial charge in [0.1, 0.15) is 0 Å². The zero-order valence-corrected chi connectivity index (χ0v) is 10.7. The highest BCUT2D eigenvalue weighted by molar-refractivity contribution is 5.65. The molecule has 0 bridgehead atoms. The maximum atomic E-state index is 10.9. The molecule has 1 aromatic rings.